The van der Waals surface area contributed by atoms with Crippen LogP contribution >= 0.6 is 0 Å². The number of rotatable bonds is 5. The fraction of sp³-hybridized carbons (Fsp3) is 0.407. The van der Waals surface area contributed by atoms with Gasteiger partial charge < -0.3 is 25.3 Å². The summed E-state index contributed by atoms with van der Waals surface area (Å²) in [4.78, 5) is 28.7. The summed E-state index contributed by atoms with van der Waals surface area (Å²) >= 11 is 0. The van der Waals surface area contributed by atoms with Gasteiger partial charge in [-0.3, -0.25) is 4.79 Å². The number of piperidine rings is 2. The number of carbonyl (C=O) groups excluding carboxylic acids is 1. The van der Waals surface area contributed by atoms with E-state index in [1.807, 2.05) is 19.2 Å². The Hall–Kier alpha value is -3.72. The van der Waals surface area contributed by atoms with Gasteiger partial charge in [0.05, 0.1) is 5.56 Å². The molecule has 9 nitrogen and oxygen atoms in total. The van der Waals surface area contributed by atoms with Crippen molar-refractivity contribution in [3.8, 4) is 11.5 Å². The van der Waals surface area contributed by atoms with Crippen LogP contribution in [0.2, 0.25) is 0 Å². The second kappa shape index (κ2) is 8.44. The molecule has 1 saturated carbocycles. The first-order valence-electron chi connectivity index (χ1n) is 12.8. The lowest BCUT2D eigenvalue weighted by molar-refractivity contribution is -0.117. The zero-order valence-electron chi connectivity index (χ0n) is 20.3. The fourth-order valence-corrected chi connectivity index (χ4v) is 5.69. The SMILES string of the molecule is CNc1ncc(-c2nc3cc(N4CC5CNCC(C5)C4)ccc3o2)c2cc(NC(=O)C3CC3)ncc12. The van der Waals surface area contributed by atoms with Gasteiger partial charge in [-0.2, -0.15) is 0 Å². The number of nitrogens with zero attached hydrogens (tertiary/aromatic N) is 4. The number of nitrogens with one attached hydrogen (secondary N) is 3. The molecular formula is C27H29N7O2. The van der Waals surface area contributed by atoms with Gasteiger partial charge in [-0.05, 0) is 68.5 Å². The van der Waals surface area contributed by atoms with Crippen LogP contribution in [0.5, 0.6) is 0 Å². The van der Waals surface area contributed by atoms with Crippen molar-refractivity contribution in [3.05, 3.63) is 36.7 Å². The Morgan fingerprint density at radius 3 is 2.69 bits per heavy atom. The Bertz CT molecular complexity index is 1470. The second-order valence-corrected chi connectivity index (χ2v) is 10.4. The number of hydrogen-bond acceptors (Lipinski definition) is 8. The van der Waals surface area contributed by atoms with Gasteiger partial charge in [-0.25, -0.2) is 15.0 Å². The van der Waals surface area contributed by atoms with Crippen LogP contribution in [-0.4, -0.2) is 54.1 Å². The van der Waals surface area contributed by atoms with Gasteiger partial charge in [0, 0.05) is 54.9 Å². The van der Waals surface area contributed by atoms with E-state index in [2.05, 4.69) is 43.0 Å². The number of aromatic nitrogens is 3. The third-order valence-electron chi connectivity index (χ3n) is 7.66. The maximum Gasteiger partial charge on any atom is 0.229 e. The predicted molar refractivity (Wildman–Crippen MR) is 140 cm³/mol. The Kier molecular flexibility index (Phi) is 5.06. The molecule has 0 spiro atoms. The molecule has 2 bridgehead atoms. The summed E-state index contributed by atoms with van der Waals surface area (Å²) in [5.41, 5.74) is 3.54. The molecule has 3 aliphatic rings. The minimum Gasteiger partial charge on any atom is -0.436 e. The van der Waals surface area contributed by atoms with E-state index < -0.39 is 0 Å². The Labute approximate surface area is 208 Å². The summed E-state index contributed by atoms with van der Waals surface area (Å²) in [6, 6.07) is 8.18. The normalized spacial score (nSPS) is 21.6. The lowest BCUT2D eigenvalue weighted by atomic mass is 9.85. The largest absolute Gasteiger partial charge is 0.436 e. The zero-order valence-corrected chi connectivity index (χ0v) is 20.3. The first-order valence-corrected chi connectivity index (χ1v) is 12.8. The van der Waals surface area contributed by atoms with E-state index in [9.17, 15) is 4.79 Å². The average Bonchev–Trinajstić information content (AvgIpc) is 3.66. The number of anilines is 3. The number of amides is 1. The van der Waals surface area contributed by atoms with Crippen LogP contribution < -0.4 is 20.9 Å². The highest BCUT2D eigenvalue weighted by atomic mass is 16.3. The zero-order chi connectivity index (χ0) is 24.2. The standard InChI is InChI=1S/C27H29N7O2/c1-28-25-20-11-30-24(33-26(35)17-2-3-17)8-19(20)21(12-31-25)27-32-22-7-18(4-5-23(22)36-27)34-13-15-6-16(14-34)10-29-9-15/h4-5,7-8,11-12,15-17,29H,2-3,6,9-10,13-14H2,1H3,(H,28,31)(H,30,33,35). The Morgan fingerprint density at radius 1 is 1.08 bits per heavy atom. The molecule has 1 aliphatic carbocycles. The monoisotopic (exact) mass is 483 g/mol. The molecule has 5 heterocycles. The summed E-state index contributed by atoms with van der Waals surface area (Å²) in [6.07, 6.45) is 6.71. The maximum atomic E-state index is 12.3. The molecule has 36 heavy (non-hydrogen) atoms. The molecule has 2 aliphatic heterocycles. The highest BCUT2D eigenvalue weighted by molar-refractivity contribution is 6.03. The van der Waals surface area contributed by atoms with Crippen LogP contribution in [0.25, 0.3) is 33.3 Å². The molecule has 0 radical (unpaired) electrons. The number of pyridine rings is 2. The quantitative estimate of drug-likeness (QED) is 0.393. The molecule has 1 aromatic carbocycles. The van der Waals surface area contributed by atoms with E-state index in [0.29, 0.717) is 29.4 Å². The van der Waals surface area contributed by atoms with Gasteiger partial charge in [0.25, 0.3) is 0 Å². The van der Waals surface area contributed by atoms with Crippen molar-refractivity contribution in [1.82, 2.24) is 20.3 Å². The maximum absolute atomic E-state index is 12.3. The molecule has 3 fully saturated rings. The van der Waals surface area contributed by atoms with Crippen molar-refractivity contribution in [2.75, 3.05) is 48.8 Å². The van der Waals surface area contributed by atoms with Crippen LogP contribution in [0.3, 0.4) is 0 Å². The molecule has 2 atom stereocenters. The molecule has 4 aromatic rings. The van der Waals surface area contributed by atoms with E-state index in [1.165, 1.54) is 12.1 Å². The van der Waals surface area contributed by atoms with Gasteiger partial charge in [-0.15, -0.1) is 0 Å². The summed E-state index contributed by atoms with van der Waals surface area (Å²) in [6.45, 7) is 4.35. The van der Waals surface area contributed by atoms with Crippen LogP contribution in [0.1, 0.15) is 19.3 Å². The number of hydrogen-bond donors (Lipinski definition) is 3. The second-order valence-electron chi connectivity index (χ2n) is 10.4. The molecule has 2 unspecified atom stereocenters. The minimum absolute atomic E-state index is 0.0262. The first kappa shape index (κ1) is 21.6. The van der Waals surface area contributed by atoms with Crippen molar-refractivity contribution in [3.63, 3.8) is 0 Å². The fourth-order valence-electron chi connectivity index (χ4n) is 5.69. The van der Waals surface area contributed by atoms with Gasteiger partial charge in [-0.1, -0.05) is 0 Å². The van der Waals surface area contributed by atoms with Gasteiger partial charge in [0.15, 0.2) is 5.58 Å². The predicted octanol–water partition coefficient (Wildman–Crippen LogP) is 3.87. The number of carbonyl (C=O) groups is 1. The molecular weight excluding hydrogens is 454 g/mol. The van der Waals surface area contributed by atoms with E-state index in [0.717, 1.165) is 66.5 Å². The summed E-state index contributed by atoms with van der Waals surface area (Å²) in [7, 11) is 1.83. The van der Waals surface area contributed by atoms with Gasteiger partial charge in [0.2, 0.25) is 11.8 Å². The van der Waals surface area contributed by atoms with E-state index in [4.69, 9.17) is 9.40 Å². The summed E-state index contributed by atoms with van der Waals surface area (Å²) in [5, 5.41) is 11.4. The third kappa shape index (κ3) is 3.83. The lowest BCUT2D eigenvalue weighted by Gasteiger charge is -2.42. The summed E-state index contributed by atoms with van der Waals surface area (Å²) in [5.74, 6) is 3.28. The van der Waals surface area contributed by atoms with Crippen LogP contribution in [0, 0.1) is 17.8 Å². The summed E-state index contributed by atoms with van der Waals surface area (Å²) < 4.78 is 6.21. The molecule has 7 rings (SSSR count). The topological polar surface area (TPSA) is 108 Å². The molecule has 2 saturated heterocycles. The number of benzene rings is 1. The molecule has 1 amide bonds. The lowest BCUT2D eigenvalue weighted by Crippen LogP contribution is -2.51. The smallest absolute Gasteiger partial charge is 0.229 e. The molecule has 9 heteroatoms. The Balaban J connectivity index is 1.26. The third-order valence-corrected chi connectivity index (χ3v) is 7.66. The van der Waals surface area contributed by atoms with E-state index in [1.54, 1.807) is 12.4 Å². The van der Waals surface area contributed by atoms with Gasteiger partial charge in [0.1, 0.15) is 17.2 Å². The van der Waals surface area contributed by atoms with E-state index >= 15 is 0 Å². The highest BCUT2D eigenvalue weighted by Gasteiger charge is 2.31. The highest BCUT2D eigenvalue weighted by Crippen LogP contribution is 2.36. The molecule has 3 aromatic heterocycles. The number of oxazole rings is 1. The minimum atomic E-state index is 0.0262. The van der Waals surface area contributed by atoms with Crippen molar-refractivity contribution >= 4 is 45.1 Å². The Morgan fingerprint density at radius 2 is 1.92 bits per heavy atom. The first-order chi connectivity index (χ1) is 17.6. The van der Waals surface area contributed by atoms with Gasteiger partial charge >= 0.3 is 0 Å². The van der Waals surface area contributed by atoms with Crippen molar-refractivity contribution in [2.45, 2.75) is 19.3 Å². The molecule has 184 valence electrons. The van der Waals surface area contributed by atoms with Crippen molar-refractivity contribution in [1.29, 1.82) is 0 Å². The number of fused-ring (bicyclic) bond motifs is 4. The van der Waals surface area contributed by atoms with Crippen LogP contribution in [0.15, 0.2) is 41.1 Å². The van der Waals surface area contributed by atoms with Crippen LogP contribution in [0.4, 0.5) is 17.3 Å². The van der Waals surface area contributed by atoms with E-state index in [-0.39, 0.29) is 11.8 Å². The van der Waals surface area contributed by atoms with Crippen molar-refractivity contribution < 1.29 is 9.21 Å². The van der Waals surface area contributed by atoms with Crippen molar-refractivity contribution in [2.24, 2.45) is 17.8 Å². The average molecular weight is 484 g/mol. The molecule has 3 N–H and O–H groups in total. The van der Waals surface area contributed by atoms with Crippen LogP contribution in [-0.2, 0) is 4.79 Å².